The van der Waals surface area contributed by atoms with E-state index in [4.69, 9.17) is 10.5 Å². The van der Waals surface area contributed by atoms with Crippen molar-refractivity contribution in [2.24, 2.45) is 5.73 Å². The Bertz CT molecular complexity index is 314. The lowest BCUT2D eigenvalue weighted by atomic mass is 10.2. The van der Waals surface area contributed by atoms with E-state index in [1.807, 2.05) is 0 Å². The van der Waals surface area contributed by atoms with Gasteiger partial charge in [0.2, 0.25) is 0 Å². The fourth-order valence-corrected chi connectivity index (χ4v) is 1.36. The van der Waals surface area contributed by atoms with Gasteiger partial charge in [0.15, 0.2) is 0 Å². The van der Waals surface area contributed by atoms with Gasteiger partial charge in [-0.05, 0) is 37.1 Å². The van der Waals surface area contributed by atoms with E-state index in [0.717, 1.165) is 12.8 Å². The molecule has 1 atom stereocenters. The van der Waals surface area contributed by atoms with E-state index < -0.39 is 0 Å². The van der Waals surface area contributed by atoms with E-state index in [-0.39, 0.29) is 11.9 Å². The van der Waals surface area contributed by atoms with Gasteiger partial charge in [-0.3, -0.25) is 0 Å². The maximum absolute atomic E-state index is 12.9. The Morgan fingerprint density at radius 1 is 1.47 bits per heavy atom. The number of ether oxygens (including phenoxy) is 1. The van der Waals surface area contributed by atoms with Crippen LogP contribution in [0.25, 0.3) is 0 Å². The Hall–Kier alpha value is -1.09. The lowest BCUT2D eigenvalue weighted by Crippen LogP contribution is -2.27. The molecule has 1 aromatic rings. The summed E-state index contributed by atoms with van der Waals surface area (Å²) in [5.41, 5.74) is 6.39. The minimum atomic E-state index is -0.208. The Balaban J connectivity index is 2.47. The van der Waals surface area contributed by atoms with E-state index in [1.165, 1.54) is 6.07 Å². The molecule has 1 unspecified atom stereocenters. The summed E-state index contributed by atoms with van der Waals surface area (Å²) in [6, 6.07) is 4.78. The molecule has 2 nitrogen and oxygen atoms in total. The fourth-order valence-electron chi connectivity index (χ4n) is 1.36. The van der Waals surface area contributed by atoms with Crippen molar-refractivity contribution in [2.75, 3.05) is 6.61 Å². The van der Waals surface area contributed by atoms with Gasteiger partial charge in [-0.25, -0.2) is 4.39 Å². The largest absolute Gasteiger partial charge is 0.492 e. The quantitative estimate of drug-likeness (QED) is 0.812. The Morgan fingerprint density at radius 2 is 2.20 bits per heavy atom. The van der Waals surface area contributed by atoms with Crippen molar-refractivity contribution in [3.63, 3.8) is 0 Å². The molecule has 0 fully saturated rings. The van der Waals surface area contributed by atoms with Crippen LogP contribution in [-0.2, 0) is 0 Å². The summed E-state index contributed by atoms with van der Waals surface area (Å²) < 4.78 is 18.4. The molecular formula is C12H18FNO. The number of hydrogen-bond acceptors (Lipinski definition) is 2. The van der Waals surface area contributed by atoms with Gasteiger partial charge in [0.25, 0.3) is 0 Å². The van der Waals surface area contributed by atoms with Crippen LogP contribution in [0.2, 0.25) is 0 Å². The molecule has 0 saturated carbocycles. The molecule has 0 spiro atoms. The number of nitrogens with two attached hydrogens (primary N) is 1. The first kappa shape index (κ1) is 12.0. The summed E-state index contributed by atoms with van der Waals surface area (Å²) in [4.78, 5) is 0. The second kappa shape index (κ2) is 5.71. The molecule has 1 aromatic carbocycles. The van der Waals surface area contributed by atoms with Gasteiger partial charge in [0.05, 0.1) is 0 Å². The van der Waals surface area contributed by atoms with E-state index in [9.17, 15) is 4.39 Å². The number of benzene rings is 1. The summed E-state index contributed by atoms with van der Waals surface area (Å²) in [5, 5.41) is 0. The molecule has 0 radical (unpaired) electrons. The van der Waals surface area contributed by atoms with Crippen molar-refractivity contribution in [2.45, 2.75) is 32.7 Å². The maximum atomic E-state index is 12.9. The predicted molar refractivity (Wildman–Crippen MR) is 59.5 cm³/mol. The normalized spacial score (nSPS) is 12.5. The maximum Gasteiger partial charge on any atom is 0.126 e. The zero-order valence-electron chi connectivity index (χ0n) is 9.29. The average molecular weight is 211 g/mol. The van der Waals surface area contributed by atoms with Gasteiger partial charge in [0, 0.05) is 6.04 Å². The molecule has 0 aliphatic rings. The summed E-state index contributed by atoms with van der Waals surface area (Å²) in [7, 11) is 0. The van der Waals surface area contributed by atoms with Crippen LogP contribution in [0.1, 0.15) is 25.3 Å². The monoisotopic (exact) mass is 211 g/mol. The van der Waals surface area contributed by atoms with Crippen LogP contribution in [0.3, 0.4) is 0 Å². The highest BCUT2D eigenvalue weighted by Crippen LogP contribution is 2.16. The Morgan fingerprint density at radius 3 is 2.80 bits per heavy atom. The Labute approximate surface area is 90.2 Å². The van der Waals surface area contributed by atoms with Gasteiger partial charge in [0.1, 0.15) is 18.2 Å². The number of hydrogen-bond donors (Lipinski definition) is 1. The van der Waals surface area contributed by atoms with Crippen LogP contribution < -0.4 is 10.5 Å². The molecule has 3 heteroatoms. The molecule has 0 bridgehead atoms. The van der Waals surface area contributed by atoms with Crippen molar-refractivity contribution in [3.05, 3.63) is 29.6 Å². The number of halogens is 1. The SMILES string of the molecule is CCCC(N)COc1ccc(F)c(C)c1. The van der Waals surface area contributed by atoms with Crippen LogP contribution in [0.5, 0.6) is 5.75 Å². The number of aryl methyl sites for hydroxylation is 1. The summed E-state index contributed by atoms with van der Waals surface area (Å²) in [6.45, 7) is 4.29. The van der Waals surface area contributed by atoms with Crippen LogP contribution in [-0.4, -0.2) is 12.6 Å². The summed E-state index contributed by atoms with van der Waals surface area (Å²) >= 11 is 0. The molecule has 0 aliphatic heterocycles. The van der Waals surface area contributed by atoms with E-state index in [1.54, 1.807) is 19.1 Å². The third-order valence-electron chi connectivity index (χ3n) is 2.25. The van der Waals surface area contributed by atoms with Crippen molar-refractivity contribution in [1.29, 1.82) is 0 Å². The van der Waals surface area contributed by atoms with Gasteiger partial charge in [-0.2, -0.15) is 0 Å². The average Bonchev–Trinajstić information content (AvgIpc) is 2.20. The van der Waals surface area contributed by atoms with E-state index in [2.05, 4.69) is 6.92 Å². The standard InChI is InChI=1S/C12H18FNO/c1-3-4-10(14)8-15-11-5-6-12(13)9(2)7-11/h5-7,10H,3-4,8,14H2,1-2H3. The topological polar surface area (TPSA) is 35.2 Å². The molecule has 0 saturated heterocycles. The smallest absolute Gasteiger partial charge is 0.126 e. The van der Waals surface area contributed by atoms with Crippen LogP contribution in [0.15, 0.2) is 18.2 Å². The molecule has 2 N–H and O–H groups in total. The first-order chi connectivity index (χ1) is 7.13. The van der Waals surface area contributed by atoms with E-state index in [0.29, 0.717) is 17.9 Å². The van der Waals surface area contributed by atoms with Crippen LogP contribution in [0, 0.1) is 12.7 Å². The highest BCUT2D eigenvalue weighted by Gasteiger charge is 2.03. The third-order valence-corrected chi connectivity index (χ3v) is 2.25. The molecule has 0 aliphatic carbocycles. The third kappa shape index (κ3) is 3.88. The van der Waals surface area contributed by atoms with Crippen LogP contribution >= 0.6 is 0 Å². The molecule has 84 valence electrons. The van der Waals surface area contributed by atoms with Crippen LogP contribution in [0.4, 0.5) is 4.39 Å². The fraction of sp³-hybridized carbons (Fsp3) is 0.500. The minimum absolute atomic E-state index is 0.0559. The molecule has 15 heavy (non-hydrogen) atoms. The van der Waals surface area contributed by atoms with Gasteiger partial charge in [-0.1, -0.05) is 13.3 Å². The first-order valence-electron chi connectivity index (χ1n) is 5.28. The lowest BCUT2D eigenvalue weighted by Gasteiger charge is -2.12. The zero-order chi connectivity index (χ0) is 11.3. The second-order valence-corrected chi connectivity index (χ2v) is 3.77. The van der Waals surface area contributed by atoms with Crippen molar-refractivity contribution in [3.8, 4) is 5.75 Å². The highest BCUT2D eigenvalue weighted by atomic mass is 19.1. The van der Waals surface area contributed by atoms with Gasteiger partial charge in [-0.15, -0.1) is 0 Å². The van der Waals surface area contributed by atoms with Crippen molar-refractivity contribution < 1.29 is 9.13 Å². The summed E-state index contributed by atoms with van der Waals surface area (Å²) in [5.74, 6) is 0.473. The van der Waals surface area contributed by atoms with Crippen molar-refractivity contribution >= 4 is 0 Å². The van der Waals surface area contributed by atoms with Gasteiger partial charge < -0.3 is 10.5 Å². The Kier molecular flexibility index (Phi) is 4.56. The first-order valence-corrected chi connectivity index (χ1v) is 5.28. The molecule has 0 amide bonds. The second-order valence-electron chi connectivity index (χ2n) is 3.77. The molecule has 0 aromatic heterocycles. The number of rotatable bonds is 5. The minimum Gasteiger partial charge on any atom is -0.492 e. The lowest BCUT2D eigenvalue weighted by molar-refractivity contribution is 0.281. The molecular weight excluding hydrogens is 193 g/mol. The van der Waals surface area contributed by atoms with E-state index >= 15 is 0 Å². The summed E-state index contributed by atoms with van der Waals surface area (Å²) in [6.07, 6.45) is 1.99. The molecule has 1 rings (SSSR count). The van der Waals surface area contributed by atoms with Crippen molar-refractivity contribution in [1.82, 2.24) is 0 Å². The zero-order valence-corrected chi connectivity index (χ0v) is 9.29. The van der Waals surface area contributed by atoms with Gasteiger partial charge >= 0.3 is 0 Å². The molecule has 0 heterocycles. The predicted octanol–water partition coefficient (Wildman–Crippen LogP) is 2.64. The highest BCUT2D eigenvalue weighted by molar-refractivity contribution is 5.28.